The van der Waals surface area contributed by atoms with Crippen molar-refractivity contribution in [3.05, 3.63) is 41.2 Å². The number of hydrogen-bond donors (Lipinski definition) is 2. The Hall–Kier alpha value is -3.55. The molecular formula is C38H44F5N5O4. The molecule has 0 atom stereocenters. The van der Waals surface area contributed by atoms with Gasteiger partial charge in [-0.1, -0.05) is 12.8 Å². The smallest absolute Gasteiger partial charge is 0.434 e. The number of ether oxygens (including phenoxy) is 1. The van der Waals surface area contributed by atoms with Crippen LogP contribution in [-0.4, -0.2) is 75.1 Å². The lowest BCUT2D eigenvalue weighted by Crippen LogP contribution is -2.70. The molecule has 2 aliphatic heterocycles. The summed E-state index contributed by atoms with van der Waals surface area (Å²) in [6, 6.07) is 5.78. The number of carboxylic acids is 1. The molecule has 6 saturated carbocycles. The minimum atomic E-state index is -4.99. The minimum absolute atomic E-state index is 0.0522. The van der Waals surface area contributed by atoms with E-state index >= 15 is 0 Å². The van der Waals surface area contributed by atoms with E-state index in [0.717, 1.165) is 69.5 Å². The molecule has 1 amide bonds. The Bertz CT molecular complexity index is 1740. The third-order valence-corrected chi connectivity index (χ3v) is 13.8. The molecule has 9 nitrogen and oxygen atoms in total. The van der Waals surface area contributed by atoms with Gasteiger partial charge in [0.15, 0.2) is 5.69 Å². The number of anilines is 2. The molecule has 10 rings (SSSR count). The van der Waals surface area contributed by atoms with E-state index in [-0.39, 0.29) is 48.4 Å². The summed E-state index contributed by atoms with van der Waals surface area (Å²) in [4.78, 5) is 38.5. The molecule has 1 aromatic heterocycles. The largest absolute Gasteiger partial charge is 0.490 e. The number of fused-ring (bicyclic) bond motifs is 2. The summed E-state index contributed by atoms with van der Waals surface area (Å²) in [5.74, 6) is -4.24. The van der Waals surface area contributed by atoms with Crippen molar-refractivity contribution < 1.29 is 41.4 Å². The number of nitrogens with zero attached hydrogens (tertiary/aromatic N) is 4. The first-order valence-corrected chi connectivity index (χ1v) is 18.9. The normalized spacial score (nSPS) is 34.3. The Balaban J connectivity index is 0.967. The highest BCUT2D eigenvalue weighted by atomic mass is 19.4. The number of aliphatic carboxylic acids is 1. The zero-order chi connectivity index (χ0) is 36.2. The quantitative estimate of drug-likeness (QED) is 0.291. The van der Waals surface area contributed by atoms with Crippen molar-refractivity contribution in [2.24, 2.45) is 23.7 Å². The molecule has 1 spiro atoms. The van der Waals surface area contributed by atoms with Crippen molar-refractivity contribution in [3.8, 4) is 5.75 Å². The van der Waals surface area contributed by atoms with Crippen LogP contribution >= 0.6 is 0 Å². The highest BCUT2D eigenvalue weighted by molar-refractivity contribution is 5.99. The summed E-state index contributed by atoms with van der Waals surface area (Å²) in [7, 11) is 0. The predicted molar refractivity (Wildman–Crippen MR) is 179 cm³/mol. The van der Waals surface area contributed by atoms with E-state index in [1.165, 1.54) is 0 Å². The zero-order valence-electron chi connectivity index (χ0n) is 28.9. The maximum absolute atomic E-state index is 14.7. The van der Waals surface area contributed by atoms with Gasteiger partial charge < -0.3 is 20.1 Å². The van der Waals surface area contributed by atoms with Crippen molar-refractivity contribution in [1.29, 1.82) is 0 Å². The fourth-order valence-corrected chi connectivity index (χ4v) is 11.6. The predicted octanol–water partition coefficient (Wildman–Crippen LogP) is 7.11. The average molecular weight is 730 g/mol. The number of carbonyl (C=O) groups is 2. The number of aromatic nitrogens is 2. The highest BCUT2D eigenvalue weighted by Crippen LogP contribution is 2.59. The lowest BCUT2D eigenvalue weighted by atomic mass is 9.48. The molecule has 0 radical (unpaired) electrons. The average Bonchev–Trinajstić information content (AvgIpc) is 3.69. The van der Waals surface area contributed by atoms with Crippen molar-refractivity contribution in [3.63, 3.8) is 0 Å². The maximum Gasteiger partial charge on any atom is 0.434 e. The Morgan fingerprint density at radius 3 is 2.17 bits per heavy atom. The molecule has 0 unspecified atom stereocenters. The van der Waals surface area contributed by atoms with Crippen LogP contribution in [0.1, 0.15) is 105 Å². The Morgan fingerprint density at radius 1 is 0.923 bits per heavy atom. The first-order chi connectivity index (χ1) is 24.7. The second-order valence-electron chi connectivity index (χ2n) is 16.9. The van der Waals surface area contributed by atoms with Gasteiger partial charge in [0.2, 0.25) is 5.95 Å². The topological polar surface area (TPSA) is 108 Å². The number of halogens is 5. The van der Waals surface area contributed by atoms with Crippen LogP contribution < -0.4 is 15.0 Å². The van der Waals surface area contributed by atoms with Gasteiger partial charge in [0, 0.05) is 29.9 Å². The third kappa shape index (κ3) is 5.55. The lowest BCUT2D eigenvalue weighted by Gasteiger charge is -2.59. The van der Waals surface area contributed by atoms with E-state index in [1.54, 1.807) is 4.90 Å². The molecule has 2 N–H and O–H groups in total. The van der Waals surface area contributed by atoms with Gasteiger partial charge in [-0.15, -0.1) is 0 Å². The lowest BCUT2D eigenvalue weighted by molar-refractivity contribution is -0.163. The number of carbonyl (C=O) groups excluding carboxylic acids is 1. The molecule has 7 fully saturated rings. The van der Waals surface area contributed by atoms with Crippen molar-refractivity contribution in [1.82, 2.24) is 20.2 Å². The monoisotopic (exact) mass is 729 g/mol. The number of rotatable bonds is 7. The van der Waals surface area contributed by atoms with E-state index in [4.69, 9.17) is 4.74 Å². The number of hydrogen-bond acceptors (Lipinski definition) is 7. The fourth-order valence-electron chi connectivity index (χ4n) is 11.6. The summed E-state index contributed by atoms with van der Waals surface area (Å²) >= 11 is 0. The molecule has 280 valence electrons. The summed E-state index contributed by atoms with van der Waals surface area (Å²) in [6.07, 6.45) is 6.21. The standard InChI is InChI=1S/C38H44F5N5O4/c39-36(40)19-47(20-36)25-3-5-26(6-4-25)52-27-7-8-30-29(16-27)35(9-1-2-10-35)18-48(30)34-44-17-28(31(45-34)38(41,42)43)32(49)46-37(33(50)51)23-12-21-11-22(14-23)15-24(37)13-21/h7-8,16-17,21-26H,1-6,9-15,18-20H2,(H,46,49)(H,50,51). The van der Waals surface area contributed by atoms with Crippen LogP contribution in [0, 0.1) is 23.7 Å². The second kappa shape index (κ2) is 12.0. The molecule has 1 saturated heterocycles. The molecular weight excluding hydrogens is 685 g/mol. The Kier molecular flexibility index (Phi) is 7.89. The molecule has 2 aromatic rings. The molecule has 14 heteroatoms. The number of nitrogens with one attached hydrogen (secondary N) is 1. The third-order valence-electron chi connectivity index (χ3n) is 13.8. The SMILES string of the molecule is O=C(NC1(C(=O)O)C2CC3CC(C2)CC1C3)c1cnc(N2CC3(CCCC3)c3cc(OC4CCC(N5CC(F)(F)C5)CC4)ccc32)nc1C(F)(F)F. The van der Waals surface area contributed by atoms with Gasteiger partial charge in [-0.05, 0) is 118 Å². The van der Waals surface area contributed by atoms with Gasteiger partial charge in [-0.25, -0.2) is 23.5 Å². The molecule has 3 heterocycles. The summed E-state index contributed by atoms with van der Waals surface area (Å²) in [5.41, 5.74) is -2.42. The Labute approximate surface area is 298 Å². The first kappa shape index (κ1) is 34.2. The van der Waals surface area contributed by atoms with Gasteiger partial charge in [0.25, 0.3) is 11.8 Å². The molecule has 52 heavy (non-hydrogen) atoms. The van der Waals surface area contributed by atoms with E-state index in [0.29, 0.717) is 55.5 Å². The van der Waals surface area contributed by atoms with Crippen molar-refractivity contribution in [2.75, 3.05) is 24.5 Å². The van der Waals surface area contributed by atoms with E-state index in [9.17, 15) is 36.6 Å². The van der Waals surface area contributed by atoms with Crippen LogP contribution in [0.15, 0.2) is 24.4 Å². The number of benzene rings is 1. The van der Waals surface area contributed by atoms with Gasteiger partial charge in [0.05, 0.1) is 24.8 Å². The van der Waals surface area contributed by atoms with Gasteiger partial charge in [-0.2, -0.15) is 13.2 Å². The molecule has 6 aliphatic carbocycles. The van der Waals surface area contributed by atoms with E-state index in [2.05, 4.69) is 15.3 Å². The maximum atomic E-state index is 14.7. The van der Waals surface area contributed by atoms with Crippen LogP contribution in [0.4, 0.5) is 33.6 Å². The fraction of sp³-hybridized carbons (Fsp3) is 0.684. The number of alkyl halides is 5. The first-order valence-electron chi connectivity index (χ1n) is 18.9. The summed E-state index contributed by atoms with van der Waals surface area (Å²) in [5, 5.41) is 13.1. The van der Waals surface area contributed by atoms with Gasteiger partial charge in [0.1, 0.15) is 11.3 Å². The van der Waals surface area contributed by atoms with E-state index in [1.807, 2.05) is 23.1 Å². The van der Waals surface area contributed by atoms with Crippen LogP contribution in [0.2, 0.25) is 0 Å². The van der Waals surface area contributed by atoms with Crippen LogP contribution in [0.3, 0.4) is 0 Å². The van der Waals surface area contributed by atoms with Crippen molar-refractivity contribution in [2.45, 2.75) is 119 Å². The molecule has 8 aliphatic rings. The minimum Gasteiger partial charge on any atom is -0.490 e. The summed E-state index contributed by atoms with van der Waals surface area (Å²) in [6.45, 7) is 0.0291. The highest BCUT2D eigenvalue weighted by Gasteiger charge is 2.62. The second-order valence-corrected chi connectivity index (χ2v) is 16.9. The van der Waals surface area contributed by atoms with Crippen LogP contribution in [0.5, 0.6) is 5.75 Å². The number of amides is 1. The number of carboxylic acid groups (broad SMARTS) is 1. The Morgan fingerprint density at radius 2 is 1.58 bits per heavy atom. The van der Waals surface area contributed by atoms with E-state index < -0.39 is 40.8 Å². The van der Waals surface area contributed by atoms with Crippen molar-refractivity contribution >= 4 is 23.5 Å². The number of likely N-dealkylation sites (tertiary alicyclic amines) is 1. The molecule has 4 bridgehead atoms. The summed E-state index contributed by atoms with van der Waals surface area (Å²) < 4.78 is 77.4. The zero-order valence-corrected chi connectivity index (χ0v) is 28.9. The van der Waals surface area contributed by atoms with Crippen LogP contribution in [-0.2, 0) is 16.4 Å². The van der Waals surface area contributed by atoms with Gasteiger partial charge in [-0.3, -0.25) is 9.69 Å². The van der Waals surface area contributed by atoms with Gasteiger partial charge >= 0.3 is 12.1 Å². The van der Waals surface area contributed by atoms with Crippen LogP contribution in [0.25, 0.3) is 0 Å². The molecule has 1 aromatic carbocycles.